The summed E-state index contributed by atoms with van der Waals surface area (Å²) in [5, 5.41) is 9.63. The maximum atomic E-state index is 12.3. The van der Waals surface area contributed by atoms with Gasteiger partial charge in [0.2, 0.25) is 5.43 Å². The van der Waals surface area contributed by atoms with Crippen LogP contribution in [0.3, 0.4) is 0 Å². The van der Waals surface area contributed by atoms with Crippen LogP contribution in [0, 0.1) is 0 Å². The number of rotatable bonds is 3. The van der Waals surface area contributed by atoms with Crippen molar-refractivity contribution in [2.24, 2.45) is 0 Å². The van der Waals surface area contributed by atoms with Crippen LogP contribution >= 0.6 is 11.6 Å². The minimum atomic E-state index is -1.25. The fourth-order valence-electron chi connectivity index (χ4n) is 2.37. The van der Waals surface area contributed by atoms with E-state index in [2.05, 4.69) is 0 Å². The molecule has 0 atom stereocenters. The normalized spacial score (nSPS) is 14.5. The van der Waals surface area contributed by atoms with Gasteiger partial charge in [0.15, 0.2) is 0 Å². The molecule has 20 heavy (non-hydrogen) atoms. The third-order valence-electron chi connectivity index (χ3n) is 3.48. The van der Waals surface area contributed by atoms with Crippen molar-refractivity contribution < 1.29 is 14.6 Å². The number of halogens is 1. The lowest BCUT2D eigenvalue weighted by molar-refractivity contribution is 0.0695. The molecule has 0 unspecified atom stereocenters. The number of aromatic carboxylic acids is 1. The largest absolute Gasteiger partial charge is 0.495 e. The van der Waals surface area contributed by atoms with Crippen molar-refractivity contribution >= 4 is 28.5 Å². The van der Waals surface area contributed by atoms with Gasteiger partial charge in [-0.15, -0.1) is 0 Å². The molecule has 1 aromatic heterocycles. The van der Waals surface area contributed by atoms with E-state index in [0.717, 1.165) is 12.8 Å². The first-order valence-corrected chi connectivity index (χ1v) is 6.57. The Kier molecular flexibility index (Phi) is 2.94. The Morgan fingerprint density at radius 1 is 1.45 bits per heavy atom. The molecule has 1 heterocycles. The fourth-order valence-corrected chi connectivity index (χ4v) is 2.61. The zero-order valence-electron chi connectivity index (χ0n) is 10.7. The highest BCUT2D eigenvalue weighted by atomic mass is 35.5. The van der Waals surface area contributed by atoms with Crippen LogP contribution in [0.25, 0.3) is 10.9 Å². The predicted octanol–water partition coefficient (Wildman–Crippen LogP) is 2.70. The van der Waals surface area contributed by atoms with E-state index in [9.17, 15) is 14.7 Å². The summed E-state index contributed by atoms with van der Waals surface area (Å²) >= 11 is 6.10. The Morgan fingerprint density at radius 2 is 2.15 bits per heavy atom. The second-order valence-corrected chi connectivity index (χ2v) is 5.20. The van der Waals surface area contributed by atoms with Gasteiger partial charge >= 0.3 is 5.97 Å². The second-order valence-electron chi connectivity index (χ2n) is 4.79. The van der Waals surface area contributed by atoms with Crippen molar-refractivity contribution in [1.82, 2.24) is 4.57 Å². The Balaban J connectivity index is 2.51. The second kappa shape index (κ2) is 4.52. The zero-order chi connectivity index (χ0) is 14.4. The SMILES string of the molecule is COc1ccc(Cl)c2c(=O)c(C(=O)O)cn(C3CC3)c12. The third-order valence-corrected chi connectivity index (χ3v) is 3.79. The zero-order valence-corrected chi connectivity index (χ0v) is 11.5. The van der Waals surface area contributed by atoms with E-state index in [1.165, 1.54) is 13.3 Å². The highest BCUT2D eigenvalue weighted by Gasteiger charge is 2.28. The van der Waals surface area contributed by atoms with E-state index in [-0.39, 0.29) is 22.0 Å². The number of ether oxygens (including phenoxy) is 1. The van der Waals surface area contributed by atoms with Gasteiger partial charge in [-0.1, -0.05) is 11.6 Å². The van der Waals surface area contributed by atoms with Gasteiger partial charge in [-0.3, -0.25) is 4.79 Å². The first kappa shape index (κ1) is 13.0. The van der Waals surface area contributed by atoms with E-state index in [1.807, 2.05) is 0 Å². The van der Waals surface area contributed by atoms with Crippen LogP contribution < -0.4 is 10.2 Å². The van der Waals surface area contributed by atoms with E-state index in [0.29, 0.717) is 11.3 Å². The quantitative estimate of drug-likeness (QED) is 0.944. The number of hydrogen-bond acceptors (Lipinski definition) is 3. The Bertz CT molecular complexity index is 777. The molecule has 1 aromatic carbocycles. The van der Waals surface area contributed by atoms with Crippen LogP contribution in [-0.2, 0) is 0 Å². The molecule has 1 aliphatic rings. The first-order valence-electron chi connectivity index (χ1n) is 6.19. The van der Waals surface area contributed by atoms with E-state index in [1.54, 1.807) is 16.7 Å². The standard InChI is InChI=1S/C14H12ClNO4/c1-20-10-5-4-9(15)11-12(10)16(7-2-3-7)6-8(13(11)17)14(18)19/h4-7H,2-3H2,1H3,(H,18,19). The van der Waals surface area contributed by atoms with Crippen molar-refractivity contribution in [3.8, 4) is 5.75 Å². The summed E-state index contributed by atoms with van der Waals surface area (Å²) in [7, 11) is 1.51. The molecule has 0 saturated heterocycles. The number of carboxylic acids is 1. The predicted molar refractivity (Wildman–Crippen MR) is 75.0 cm³/mol. The molecule has 104 valence electrons. The van der Waals surface area contributed by atoms with Crippen LogP contribution in [0.4, 0.5) is 0 Å². The summed E-state index contributed by atoms with van der Waals surface area (Å²) in [5.41, 5.74) is -0.273. The average molecular weight is 294 g/mol. The maximum Gasteiger partial charge on any atom is 0.341 e. The van der Waals surface area contributed by atoms with Crippen LogP contribution in [0.1, 0.15) is 29.2 Å². The van der Waals surface area contributed by atoms with Gasteiger partial charge in [-0.05, 0) is 25.0 Å². The van der Waals surface area contributed by atoms with Gasteiger partial charge in [0.1, 0.15) is 11.3 Å². The highest BCUT2D eigenvalue weighted by Crippen LogP contribution is 2.40. The topological polar surface area (TPSA) is 68.5 Å². The van der Waals surface area contributed by atoms with Gasteiger partial charge in [-0.2, -0.15) is 0 Å². The summed E-state index contributed by atoms with van der Waals surface area (Å²) < 4.78 is 7.09. The number of pyridine rings is 1. The monoisotopic (exact) mass is 293 g/mol. The summed E-state index contributed by atoms with van der Waals surface area (Å²) in [5.74, 6) is -0.726. The Hall–Kier alpha value is -2.01. The molecule has 0 bridgehead atoms. The van der Waals surface area contributed by atoms with Crippen LogP contribution in [0.2, 0.25) is 5.02 Å². The molecular weight excluding hydrogens is 282 g/mol. The Morgan fingerprint density at radius 3 is 2.70 bits per heavy atom. The summed E-state index contributed by atoms with van der Waals surface area (Å²) in [6.07, 6.45) is 3.29. The van der Waals surface area contributed by atoms with E-state index >= 15 is 0 Å². The number of carbonyl (C=O) groups is 1. The van der Waals surface area contributed by atoms with Crippen LogP contribution in [0.15, 0.2) is 23.1 Å². The average Bonchev–Trinajstić information content (AvgIpc) is 3.23. The molecule has 0 aliphatic heterocycles. The van der Waals surface area contributed by atoms with Crippen LogP contribution in [-0.4, -0.2) is 22.8 Å². The molecule has 2 aromatic rings. The molecular formula is C14H12ClNO4. The molecule has 1 N–H and O–H groups in total. The number of aromatic nitrogens is 1. The molecule has 1 saturated carbocycles. The number of methoxy groups -OCH3 is 1. The molecule has 1 aliphatic carbocycles. The van der Waals surface area contributed by atoms with Crippen molar-refractivity contribution in [1.29, 1.82) is 0 Å². The van der Waals surface area contributed by atoms with E-state index in [4.69, 9.17) is 16.3 Å². The van der Waals surface area contributed by atoms with Crippen LogP contribution in [0.5, 0.6) is 5.75 Å². The molecule has 3 rings (SSSR count). The Labute approximate surface area is 119 Å². The van der Waals surface area contributed by atoms with Gasteiger partial charge in [0.05, 0.1) is 23.0 Å². The number of carboxylic acid groups (broad SMARTS) is 1. The molecule has 1 fully saturated rings. The highest BCUT2D eigenvalue weighted by molar-refractivity contribution is 6.35. The number of benzene rings is 1. The fraction of sp³-hybridized carbons (Fsp3) is 0.286. The lowest BCUT2D eigenvalue weighted by Gasteiger charge is -2.15. The number of fused-ring (bicyclic) bond motifs is 1. The van der Waals surface area contributed by atoms with Crippen molar-refractivity contribution in [3.05, 3.63) is 39.1 Å². The third kappa shape index (κ3) is 1.86. The smallest absolute Gasteiger partial charge is 0.341 e. The van der Waals surface area contributed by atoms with Crippen molar-refractivity contribution in [2.75, 3.05) is 7.11 Å². The van der Waals surface area contributed by atoms with Crippen molar-refractivity contribution in [3.63, 3.8) is 0 Å². The first-order chi connectivity index (χ1) is 9.54. The molecule has 6 heteroatoms. The molecule has 0 spiro atoms. The molecule has 0 radical (unpaired) electrons. The number of nitrogens with zero attached hydrogens (tertiary/aromatic N) is 1. The van der Waals surface area contributed by atoms with Gasteiger partial charge in [-0.25, -0.2) is 4.79 Å². The number of hydrogen-bond donors (Lipinski definition) is 1. The lowest BCUT2D eigenvalue weighted by Crippen LogP contribution is -2.19. The van der Waals surface area contributed by atoms with Crippen molar-refractivity contribution in [2.45, 2.75) is 18.9 Å². The summed E-state index contributed by atoms with van der Waals surface area (Å²) in [4.78, 5) is 23.6. The minimum absolute atomic E-state index is 0.198. The maximum absolute atomic E-state index is 12.3. The molecule has 5 nitrogen and oxygen atoms in total. The lowest BCUT2D eigenvalue weighted by atomic mass is 10.1. The summed E-state index contributed by atoms with van der Waals surface area (Å²) in [6, 6.07) is 3.43. The van der Waals surface area contributed by atoms with Gasteiger partial charge in [0.25, 0.3) is 0 Å². The van der Waals surface area contributed by atoms with E-state index < -0.39 is 11.4 Å². The molecule has 0 amide bonds. The van der Waals surface area contributed by atoms with Gasteiger partial charge in [0, 0.05) is 12.2 Å². The van der Waals surface area contributed by atoms with Gasteiger partial charge < -0.3 is 14.4 Å². The summed E-state index contributed by atoms with van der Waals surface area (Å²) in [6.45, 7) is 0. The minimum Gasteiger partial charge on any atom is -0.495 e.